The van der Waals surface area contributed by atoms with E-state index in [9.17, 15) is 19.3 Å². The molecule has 92 valence electrons. The number of aryl methyl sites for hydroxylation is 1. The number of ketones is 1. The summed E-state index contributed by atoms with van der Waals surface area (Å²) in [5, 5.41) is 10.4. The minimum atomic E-state index is -0.851. The van der Waals surface area contributed by atoms with Crippen molar-refractivity contribution >= 4 is 11.5 Å². The molecule has 0 unspecified atom stereocenters. The van der Waals surface area contributed by atoms with Gasteiger partial charge in [0.25, 0.3) is 0 Å². The van der Waals surface area contributed by atoms with Crippen LogP contribution in [0, 0.1) is 15.9 Å². The Morgan fingerprint density at radius 1 is 1.41 bits per heavy atom. The van der Waals surface area contributed by atoms with Crippen LogP contribution in [-0.2, 0) is 11.2 Å². The first-order valence-corrected chi connectivity index (χ1v) is 5.49. The zero-order valence-electron chi connectivity index (χ0n) is 9.61. The maximum Gasteiger partial charge on any atom is 0.304 e. The van der Waals surface area contributed by atoms with Gasteiger partial charge in [0.1, 0.15) is 5.78 Å². The number of hydrogen-bond acceptors (Lipinski definition) is 3. The lowest BCUT2D eigenvalue weighted by Crippen LogP contribution is -2.00. The summed E-state index contributed by atoms with van der Waals surface area (Å²) >= 11 is 0. The van der Waals surface area contributed by atoms with Crippen molar-refractivity contribution in [2.45, 2.75) is 32.6 Å². The largest absolute Gasteiger partial charge is 0.304 e. The molecule has 0 radical (unpaired) electrons. The Hall–Kier alpha value is -1.78. The molecule has 0 N–H and O–H groups in total. The Morgan fingerprint density at radius 2 is 2.12 bits per heavy atom. The van der Waals surface area contributed by atoms with E-state index in [1.165, 1.54) is 6.07 Å². The monoisotopic (exact) mass is 239 g/mol. The van der Waals surface area contributed by atoms with Crippen molar-refractivity contribution in [3.63, 3.8) is 0 Å². The molecule has 17 heavy (non-hydrogen) atoms. The molecular formula is C12H14FNO3. The Balaban J connectivity index is 2.65. The van der Waals surface area contributed by atoms with Crippen LogP contribution in [0.3, 0.4) is 0 Å². The molecule has 0 spiro atoms. The lowest BCUT2D eigenvalue weighted by Gasteiger charge is -2.01. The van der Waals surface area contributed by atoms with Crippen molar-refractivity contribution in [3.05, 3.63) is 39.7 Å². The summed E-state index contributed by atoms with van der Waals surface area (Å²) in [6, 6.07) is 3.74. The molecule has 0 aliphatic rings. The number of Topliss-reactive ketones (excluding diaryl/α,β-unsaturated/α-hetero) is 1. The van der Waals surface area contributed by atoms with E-state index < -0.39 is 16.4 Å². The molecule has 1 aromatic carbocycles. The van der Waals surface area contributed by atoms with E-state index in [0.29, 0.717) is 24.8 Å². The molecule has 5 heteroatoms. The van der Waals surface area contributed by atoms with Gasteiger partial charge in [-0.1, -0.05) is 13.0 Å². The van der Waals surface area contributed by atoms with Crippen LogP contribution in [-0.4, -0.2) is 10.7 Å². The van der Waals surface area contributed by atoms with Crippen LogP contribution in [0.2, 0.25) is 0 Å². The van der Waals surface area contributed by atoms with Gasteiger partial charge in [-0.3, -0.25) is 14.9 Å². The predicted octanol–water partition coefficient (Wildman–Crippen LogP) is 3.04. The average Bonchev–Trinajstić information content (AvgIpc) is 2.26. The van der Waals surface area contributed by atoms with Gasteiger partial charge >= 0.3 is 5.69 Å². The first-order valence-electron chi connectivity index (χ1n) is 5.49. The van der Waals surface area contributed by atoms with E-state index in [0.717, 1.165) is 18.6 Å². The van der Waals surface area contributed by atoms with Crippen LogP contribution >= 0.6 is 0 Å². The van der Waals surface area contributed by atoms with E-state index in [4.69, 9.17) is 0 Å². The fourth-order valence-electron chi connectivity index (χ4n) is 1.54. The maximum atomic E-state index is 13.2. The number of halogens is 1. The van der Waals surface area contributed by atoms with Gasteiger partial charge in [0.2, 0.25) is 5.82 Å². The lowest BCUT2D eigenvalue weighted by molar-refractivity contribution is -0.387. The fraction of sp³-hybridized carbons (Fsp3) is 0.417. The van der Waals surface area contributed by atoms with Gasteiger partial charge < -0.3 is 0 Å². The highest BCUT2D eigenvalue weighted by molar-refractivity contribution is 5.78. The highest BCUT2D eigenvalue weighted by Crippen LogP contribution is 2.18. The van der Waals surface area contributed by atoms with E-state index in [2.05, 4.69) is 0 Å². The third-order valence-electron chi connectivity index (χ3n) is 2.43. The van der Waals surface area contributed by atoms with E-state index in [-0.39, 0.29) is 5.78 Å². The number of nitro groups is 1. The highest BCUT2D eigenvalue weighted by Gasteiger charge is 2.13. The lowest BCUT2D eigenvalue weighted by atomic mass is 10.0. The second-order valence-electron chi connectivity index (χ2n) is 3.83. The highest BCUT2D eigenvalue weighted by atomic mass is 19.1. The van der Waals surface area contributed by atoms with Crippen LogP contribution < -0.4 is 0 Å². The molecule has 0 fully saturated rings. The van der Waals surface area contributed by atoms with Crippen LogP contribution in [0.5, 0.6) is 0 Å². The Kier molecular flexibility index (Phi) is 4.75. The molecule has 0 atom stereocenters. The summed E-state index contributed by atoms with van der Waals surface area (Å²) in [7, 11) is 0. The standard InChI is InChI=1S/C12H14FNO3/c1-2-3-10(15)6-4-9-5-7-12(14(16)17)11(13)8-9/h5,7-8H,2-4,6H2,1H3. The molecule has 0 bridgehead atoms. The summed E-state index contributed by atoms with van der Waals surface area (Å²) in [5.41, 5.74) is 0.0752. The molecule has 0 aliphatic heterocycles. The summed E-state index contributed by atoms with van der Waals surface area (Å²) in [5.74, 6) is -0.721. The van der Waals surface area contributed by atoms with E-state index in [1.54, 1.807) is 0 Å². The number of benzene rings is 1. The van der Waals surface area contributed by atoms with E-state index in [1.807, 2.05) is 6.92 Å². The van der Waals surface area contributed by atoms with Crippen molar-refractivity contribution in [2.75, 3.05) is 0 Å². The van der Waals surface area contributed by atoms with Gasteiger partial charge in [-0.05, 0) is 24.5 Å². The first kappa shape index (κ1) is 13.3. The van der Waals surface area contributed by atoms with Gasteiger partial charge in [-0.2, -0.15) is 4.39 Å². The molecular weight excluding hydrogens is 225 g/mol. The number of hydrogen-bond donors (Lipinski definition) is 0. The smallest absolute Gasteiger partial charge is 0.300 e. The zero-order chi connectivity index (χ0) is 12.8. The summed E-state index contributed by atoms with van der Waals surface area (Å²) in [4.78, 5) is 20.9. The molecule has 1 rings (SSSR count). The van der Waals surface area contributed by atoms with Crippen molar-refractivity contribution < 1.29 is 14.1 Å². The van der Waals surface area contributed by atoms with Gasteiger partial charge in [0.05, 0.1) is 4.92 Å². The average molecular weight is 239 g/mol. The molecule has 0 heterocycles. The minimum absolute atomic E-state index is 0.131. The molecule has 0 aromatic heterocycles. The number of carbonyl (C=O) groups is 1. The van der Waals surface area contributed by atoms with E-state index >= 15 is 0 Å². The Morgan fingerprint density at radius 3 is 2.65 bits per heavy atom. The molecule has 0 saturated heterocycles. The minimum Gasteiger partial charge on any atom is -0.300 e. The normalized spacial score (nSPS) is 10.2. The van der Waals surface area contributed by atoms with Crippen molar-refractivity contribution in [1.29, 1.82) is 0 Å². The van der Waals surface area contributed by atoms with Crippen molar-refractivity contribution in [3.8, 4) is 0 Å². The number of nitrogens with zero attached hydrogens (tertiary/aromatic N) is 1. The van der Waals surface area contributed by atoms with Gasteiger partial charge in [0.15, 0.2) is 0 Å². The second-order valence-corrected chi connectivity index (χ2v) is 3.83. The topological polar surface area (TPSA) is 60.2 Å². The first-order chi connectivity index (χ1) is 8.04. The summed E-state index contributed by atoms with van der Waals surface area (Å²) in [6.45, 7) is 1.92. The van der Waals surface area contributed by atoms with Gasteiger partial charge in [-0.15, -0.1) is 0 Å². The number of nitro benzene ring substituents is 1. The van der Waals surface area contributed by atoms with Crippen LogP contribution in [0.1, 0.15) is 31.7 Å². The van der Waals surface area contributed by atoms with Gasteiger partial charge in [0, 0.05) is 18.9 Å². The molecule has 4 nitrogen and oxygen atoms in total. The maximum absolute atomic E-state index is 13.2. The fourth-order valence-corrected chi connectivity index (χ4v) is 1.54. The quantitative estimate of drug-likeness (QED) is 0.566. The van der Waals surface area contributed by atoms with Crippen molar-refractivity contribution in [2.24, 2.45) is 0 Å². The summed E-state index contributed by atoms with van der Waals surface area (Å²) < 4.78 is 13.2. The SMILES string of the molecule is CCCC(=O)CCc1ccc([N+](=O)[O-])c(F)c1. The Bertz CT molecular complexity index is 432. The Labute approximate surface area is 98.6 Å². The molecule has 0 saturated carbocycles. The third kappa shape index (κ3) is 3.94. The van der Waals surface area contributed by atoms with Crippen molar-refractivity contribution in [1.82, 2.24) is 0 Å². The van der Waals surface area contributed by atoms with Gasteiger partial charge in [-0.25, -0.2) is 0 Å². The molecule has 0 aliphatic carbocycles. The third-order valence-corrected chi connectivity index (χ3v) is 2.43. The number of carbonyl (C=O) groups excluding carboxylic acids is 1. The molecule has 1 aromatic rings. The molecule has 0 amide bonds. The number of rotatable bonds is 6. The predicted molar refractivity (Wildman–Crippen MR) is 61.3 cm³/mol. The van der Waals surface area contributed by atoms with Crippen LogP contribution in [0.25, 0.3) is 0 Å². The summed E-state index contributed by atoms with van der Waals surface area (Å²) in [6.07, 6.45) is 2.10. The second kappa shape index (κ2) is 6.08. The van der Waals surface area contributed by atoms with Crippen LogP contribution in [0.15, 0.2) is 18.2 Å². The van der Waals surface area contributed by atoms with Crippen LogP contribution in [0.4, 0.5) is 10.1 Å². The zero-order valence-corrected chi connectivity index (χ0v) is 9.61.